The number of phosphoric acid groups is 1. The maximum absolute atomic E-state index is 13.9. The number of aromatic nitrogens is 4. The molecule has 4 rings (SSSR count). The molecule has 0 unspecified atom stereocenters. The molecule has 0 aliphatic carbocycles. The summed E-state index contributed by atoms with van der Waals surface area (Å²) < 4.78 is 49.0. The van der Waals surface area contributed by atoms with Gasteiger partial charge in [0, 0.05) is 18.2 Å². The number of halogens is 2. The predicted molar refractivity (Wildman–Crippen MR) is 103 cm³/mol. The van der Waals surface area contributed by atoms with E-state index in [1.807, 2.05) is 0 Å². The maximum atomic E-state index is 13.9. The van der Waals surface area contributed by atoms with Gasteiger partial charge in [0.05, 0.1) is 12.9 Å². The lowest BCUT2D eigenvalue weighted by Crippen LogP contribution is -2.33. The molecular formula is C17H18F2N5O7P. The number of benzene rings is 1. The maximum Gasteiger partial charge on any atom is 0.469 e. The van der Waals surface area contributed by atoms with E-state index in [1.165, 1.54) is 23.3 Å². The van der Waals surface area contributed by atoms with Gasteiger partial charge < -0.3 is 30.1 Å². The smallest absolute Gasteiger partial charge is 0.387 e. The molecule has 1 aliphatic rings. The van der Waals surface area contributed by atoms with E-state index >= 15 is 0 Å². The van der Waals surface area contributed by atoms with Crippen molar-refractivity contribution in [1.29, 1.82) is 0 Å². The lowest BCUT2D eigenvalue weighted by Gasteiger charge is -2.16. The molecule has 2 aromatic heterocycles. The Bertz CT molecular complexity index is 1180. The second-order valence-electron chi connectivity index (χ2n) is 6.97. The molecule has 0 amide bonds. The van der Waals surface area contributed by atoms with Gasteiger partial charge in [-0.1, -0.05) is 6.07 Å². The van der Waals surface area contributed by atoms with Crippen molar-refractivity contribution in [2.45, 2.75) is 31.1 Å². The first-order valence-corrected chi connectivity index (χ1v) is 10.7. The zero-order valence-corrected chi connectivity index (χ0v) is 17.0. The molecule has 12 nitrogen and oxygen atoms in total. The van der Waals surface area contributed by atoms with Gasteiger partial charge in [-0.15, -0.1) is 0 Å². The van der Waals surface area contributed by atoms with E-state index in [4.69, 9.17) is 14.5 Å². The van der Waals surface area contributed by atoms with Crippen LogP contribution >= 0.6 is 7.82 Å². The average Bonchev–Trinajstić information content (AvgIpc) is 3.27. The molecule has 172 valence electrons. The summed E-state index contributed by atoms with van der Waals surface area (Å²) in [5.74, 6) is -1.20. The molecular weight excluding hydrogens is 455 g/mol. The van der Waals surface area contributed by atoms with Crippen LogP contribution in [0.25, 0.3) is 11.2 Å². The monoisotopic (exact) mass is 473 g/mol. The lowest BCUT2D eigenvalue weighted by molar-refractivity contribution is -0.0504. The Morgan fingerprint density at radius 2 is 1.97 bits per heavy atom. The van der Waals surface area contributed by atoms with Gasteiger partial charge in [-0.05, 0) is 6.07 Å². The van der Waals surface area contributed by atoms with Crippen molar-refractivity contribution in [3.63, 3.8) is 0 Å². The first kappa shape index (κ1) is 22.6. The Balaban J connectivity index is 1.54. The number of aliphatic hydroxyl groups excluding tert-OH is 2. The number of nitrogens with one attached hydrogen (secondary N) is 1. The van der Waals surface area contributed by atoms with Gasteiger partial charge in [0.25, 0.3) is 0 Å². The van der Waals surface area contributed by atoms with Crippen molar-refractivity contribution in [2.24, 2.45) is 0 Å². The number of aliphatic hydroxyl groups is 2. The highest BCUT2D eigenvalue weighted by Gasteiger charge is 2.45. The van der Waals surface area contributed by atoms with Crippen LogP contribution in [0.2, 0.25) is 0 Å². The fourth-order valence-corrected chi connectivity index (χ4v) is 3.62. The first-order chi connectivity index (χ1) is 15.1. The van der Waals surface area contributed by atoms with Gasteiger partial charge in [-0.3, -0.25) is 9.09 Å². The minimum Gasteiger partial charge on any atom is -0.387 e. The van der Waals surface area contributed by atoms with Gasteiger partial charge >= 0.3 is 7.82 Å². The highest BCUT2D eigenvalue weighted by Crippen LogP contribution is 2.39. The van der Waals surface area contributed by atoms with Gasteiger partial charge in [-0.25, -0.2) is 28.3 Å². The van der Waals surface area contributed by atoms with Crippen molar-refractivity contribution >= 4 is 24.8 Å². The number of hydrogen-bond acceptors (Lipinski definition) is 9. The second-order valence-corrected chi connectivity index (χ2v) is 8.21. The van der Waals surface area contributed by atoms with Crippen molar-refractivity contribution in [1.82, 2.24) is 19.5 Å². The minimum absolute atomic E-state index is 0.0197. The van der Waals surface area contributed by atoms with Crippen LogP contribution in [0.1, 0.15) is 11.8 Å². The summed E-state index contributed by atoms with van der Waals surface area (Å²) in [5.41, 5.74) is 0.647. The van der Waals surface area contributed by atoms with Gasteiger partial charge in [0.2, 0.25) is 0 Å². The van der Waals surface area contributed by atoms with Crippen LogP contribution in [0.4, 0.5) is 14.6 Å². The molecule has 1 aliphatic heterocycles. The summed E-state index contributed by atoms with van der Waals surface area (Å²) in [6.07, 6.45) is -2.91. The first-order valence-electron chi connectivity index (χ1n) is 9.21. The summed E-state index contributed by atoms with van der Waals surface area (Å²) in [6.45, 7) is -0.676. The van der Waals surface area contributed by atoms with E-state index in [2.05, 4.69) is 24.8 Å². The van der Waals surface area contributed by atoms with Crippen LogP contribution in [0.5, 0.6) is 0 Å². The Morgan fingerprint density at radius 3 is 2.69 bits per heavy atom. The molecule has 1 aromatic carbocycles. The number of rotatable bonds is 7. The summed E-state index contributed by atoms with van der Waals surface area (Å²) in [4.78, 5) is 30.0. The second kappa shape index (κ2) is 8.75. The summed E-state index contributed by atoms with van der Waals surface area (Å²) in [5, 5.41) is 23.4. The standard InChI is InChI=1S/C17H18F2N5O7P/c18-9-2-1-8(10(19)3-9)4-20-15-12-16(22-6-21-15)24(7-23-12)17-14(26)13(25)11(31-17)5-30-32(27,28)29/h1-3,6-7,11,13-14,17,25-26H,4-5H2,(H,20,21,22)(H2,27,28,29)/t11-,13-,14-,17-/m1/s1. The van der Waals surface area contributed by atoms with Crippen molar-refractivity contribution in [3.05, 3.63) is 48.1 Å². The van der Waals surface area contributed by atoms with Crippen LogP contribution < -0.4 is 5.32 Å². The third kappa shape index (κ3) is 4.61. The van der Waals surface area contributed by atoms with Crippen molar-refractivity contribution < 1.29 is 42.6 Å². The lowest BCUT2D eigenvalue weighted by atomic mass is 10.1. The van der Waals surface area contributed by atoms with E-state index in [9.17, 15) is 23.6 Å². The molecule has 0 bridgehead atoms. The summed E-state index contributed by atoms with van der Waals surface area (Å²) >= 11 is 0. The van der Waals surface area contributed by atoms with Gasteiger partial charge in [0.15, 0.2) is 23.2 Å². The zero-order valence-electron chi connectivity index (χ0n) is 16.1. The largest absolute Gasteiger partial charge is 0.469 e. The molecule has 1 saturated heterocycles. The van der Waals surface area contributed by atoms with E-state index in [0.717, 1.165) is 12.1 Å². The normalized spacial score (nSPS) is 23.7. The third-order valence-electron chi connectivity index (χ3n) is 4.84. The highest BCUT2D eigenvalue weighted by molar-refractivity contribution is 7.46. The van der Waals surface area contributed by atoms with Crippen LogP contribution in [-0.4, -0.2) is 64.4 Å². The van der Waals surface area contributed by atoms with Crippen LogP contribution in [0.3, 0.4) is 0 Å². The van der Waals surface area contributed by atoms with E-state index in [1.54, 1.807) is 0 Å². The third-order valence-corrected chi connectivity index (χ3v) is 5.32. The van der Waals surface area contributed by atoms with Gasteiger partial charge in [-0.2, -0.15) is 0 Å². The van der Waals surface area contributed by atoms with Crippen LogP contribution in [0.15, 0.2) is 30.9 Å². The fraction of sp³-hybridized carbons (Fsp3) is 0.353. The average molecular weight is 473 g/mol. The van der Waals surface area contributed by atoms with Crippen LogP contribution in [-0.2, 0) is 20.4 Å². The molecule has 4 atom stereocenters. The summed E-state index contributed by atoms with van der Waals surface area (Å²) in [7, 11) is -4.80. The molecule has 3 aromatic rings. The van der Waals surface area contributed by atoms with Crippen LogP contribution in [0, 0.1) is 11.6 Å². The van der Waals surface area contributed by atoms with E-state index in [-0.39, 0.29) is 29.1 Å². The number of nitrogens with zero attached hydrogens (tertiary/aromatic N) is 4. The fourth-order valence-electron chi connectivity index (χ4n) is 3.28. The Kier molecular flexibility index (Phi) is 6.18. The Hall–Kier alpha value is -2.58. The van der Waals surface area contributed by atoms with Crippen molar-refractivity contribution in [2.75, 3.05) is 11.9 Å². The van der Waals surface area contributed by atoms with Crippen molar-refractivity contribution in [3.8, 4) is 0 Å². The number of anilines is 1. The molecule has 5 N–H and O–H groups in total. The summed E-state index contributed by atoms with van der Waals surface area (Å²) in [6, 6.07) is 3.18. The molecule has 0 saturated carbocycles. The predicted octanol–water partition coefficient (Wildman–Crippen LogP) is 0.445. The number of fused-ring (bicyclic) bond motifs is 1. The number of imidazole rings is 1. The molecule has 0 spiro atoms. The Morgan fingerprint density at radius 1 is 1.19 bits per heavy atom. The quantitative estimate of drug-likeness (QED) is 0.302. The SMILES string of the molecule is O=P(O)(O)OC[C@H]1O[C@@H](n2cnc3c(NCc4ccc(F)cc4F)ncnc32)[C@H](O)[C@@H]1O. The molecule has 15 heteroatoms. The minimum atomic E-state index is -4.80. The molecule has 3 heterocycles. The number of phosphoric ester groups is 1. The zero-order chi connectivity index (χ0) is 23.0. The van der Waals surface area contributed by atoms with E-state index in [0.29, 0.717) is 0 Å². The highest BCUT2D eigenvalue weighted by atomic mass is 31.2. The molecule has 32 heavy (non-hydrogen) atoms. The topological polar surface area (TPSA) is 172 Å². The number of hydrogen-bond donors (Lipinski definition) is 5. The molecule has 0 radical (unpaired) electrons. The Labute approximate surface area is 178 Å². The van der Waals surface area contributed by atoms with E-state index < -0.39 is 50.6 Å². The number of ether oxygens (including phenoxy) is 1. The van der Waals surface area contributed by atoms with Gasteiger partial charge in [0.1, 0.15) is 36.3 Å². The molecule has 1 fully saturated rings.